The van der Waals surface area contributed by atoms with Crippen LogP contribution in [-0.2, 0) is 9.59 Å². The Labute approximate surface area is 122 Å². The summed E-state index contributed by atoms with van der Waals surface area (Å²) in [7, 11) is 0. The molecule has 1 aromatic rings. The third kappa shape index (κ3) is 4.42. The van der Waals surface area contributed by atoms with E-state index < -0.39 is 24.0 Å². The lowest BCUT2D eigenvalue weighted by atomic mass is 10.2. The zero-order valence-electron chi connectivity index (χ0n) is 11.6. The summed E-state index contributed by atoms with van der Waals surface area (Å²) in [5, 5.41) is 11.9. The first-order valence-corrected chi connectivity index (χ1v) is 6.69. The second-order valence-electron chi connectivity index (χ2n) is 4.48. The van der Waals surface area contributed by atoms with Crippen molar-refractivity contribution in [2.24, 2.45) is 0 Å². The van der Waals surface area contributed by atoms with Crippen molar-refractivity contribution in [3.8, 4) is 5.75 Å². The lowest BCUT2D eigenvalue weighted by Crippen LogP contribution is -2.45. The molecule has 0 saturated carbocycles. The van der Waals surface area contributed by atoms with E-state index in [0.717, 1.165) is 5.56 Å². The third-order valence-electron chi connectivity index (χ3n) is 2.83. The average molecular weight is 300 g/mol. The molecular weight excluding hydrogens is 282 g/mol. The zero-order chi connectivity index (χ0) is 15.3. The van der Waals surface area contributed by atoms with Crippen molar-refractivity contribution < 1.29 is 19.4 Å². The number of hydrogen-bond acceptors (Lipinski definition) is 3. The summed E-state index contributed by atoms with van der Waals surface area (Å²) in [6.45, 7) is 5.08. The van der Waals surface area contributed by atoms with Crippen LogP contribution in [0.2, 0.25) is 5.02 Å². The van der Waals surface area contributed by atoms with Gasteiger partial charge >= 0.3 is 5.97 Å². The topological polar surface area (TPSA) is 75.6 Å². The molecule has 1 amide bonds. The van der Waals surface area contributed by atoms with E-state index in [-0.39, 0.29) is 0 Å². The Hall–Kier alpha value is -1.75. The van der Waals surface area contributed by atoms with Crippen LogP contribution in [0.25, 0.3) is 0 Å². The van der Waals surface area contributed by atoms with E-state index in [1.807, 2.05) is 6.92 Å². The van der Waals surface area contributed by atoms with Gasteiger partial charge in [0.1, 0.15) is 11.8 Å². The van der Waals surface area contributed by atoms with Gasteiger partial charge in [0, 0.05) is 5.02 Å². The van der Waals surface area contributed by atoms with Crippen LogP contribution in [0.3, 0.4) is 0 Å². The SMILES string of the molecule is CCC(NC(=O)C(C)Oc1ccc(Cl)c(C)c1)C(=O)O. The number of nitrogens with one attached hydrogen (secondary N) is 1. The van der Waals surface area contributed by atoms with Gasteiger partial charge in [-0.3, -0.25) is 4.79 Å². The lowest BCUT2D eigenvalue weighted by molar-refractivity contribution is -0.143. The van der Waals surface area contributed by atoms with Crippen LogP contribution in [0, 0.1) is 6.92 Å². The molecule has 0 bridgehead atoms. The van der Waals surface area contributed by atoms with Crippen LogP contribution < -0.4 is 10.1 Å². The maximum absolute atomic E-state index is 11.8. The number of amides is 1. The van der Waals surface area contributed by atoms with Gasteiger partial charge in [0.15, 0.2) is 6.10 Å². The number of carbonyl (C=O) groups is 2. The van der Waals surface area contributed by atoms with E-state index in [9.17, 15) is 9.59 Å². The molecule has 0 fully saturated rings. The molecule has 20 heavy (non-hydrogen) atoms. The zero-order valence-corrected chi connectivity index (χ0v) is 12.4. The smallest absolute Gasteiger partial charge is 0.326 e. The first kappa shape index (κ1) is 16.3. The fourth-order valence-corrected chi connectivity index (χ4v) is 1.69. The first-order chi connectivity index (χ1) is 9.35. The Bertz CT molecular complexity index is 504. The molecule has 0 aliphatic carbocycles. The quantitative estimate of drug-likeness (QED) is 0.846. The fraction of sp³-hybridized carbons (Fsp3) is 0.429. The van der Waals surface area contributed by atoms with Gasteiger partial charge in [-0.1, -0.05) is 18.5 Å². The van der Waals surface area contributed by atoms with E-state index in [2.05, 4.69) is 5.32 Å². The number of aryl methyl sites for hydroxylation is 1. The largest absolute Gasteiger partial charge is 0.481 e. The highest BCUT2D eigenvalue weighted by molar-refractivity contribution is 6.31. The van der Waals surface area contributed by atoms with E-state index in [0.29, 0.717) is 17.2 Å². The van der Waals surface area contributed by atoms with Crippen molar-refractivity contribution in [2.45, 2.75) is 39.3 Å². The predicted molar refractivity (Wildman–Crippen MR) is 76.1 cm³/mol. The molecule has 2 N–H and O–H groups in total. The minimum Gasteiger partial charge on any atom is -0.481 e. The summed E-state index contributed by atoms with van der Waals surface area (Å²) in [5.74, 6) is -1.01. The number of carboxylic acid groups (broad SMARTS) is 1. The van der Waals surface area contributed by atoms with Gasteiger partial charge in [-0.15, -0.1) is 0 Å². The molecule has 0 aromatic heterocycles. The summed E-state index contributed by atoms with van der Waals surface area (Å²) in [4.78, 5) is 22.7. The summed E-state index contributed by atoms with van der Waals surface area (Å²) in [6, 6.07) is 4.16. The molecule has 2 atom stereocenters. The highest BCUT2D eigenvalue weighted by Gasteiger charge is 2.22. The molecule has 1 aromatic carbocycles. The summed E-state index contributed by atoms with van der Waals surface area (Å²) in [6.07, 6.45) is -0.475. The van der Waals surface area contributed by atoms with Gasteiger partial charge in [0.25, 0.3) is 5.91 Å². The molecule has 0 aliphatic heterocycles. The monoisotopic (exact) mass is 299 g/mol. The van der Waals surface area contributed by atoms with Gasteiger partial charge in [0.2, 0.25) is 0 Å². The Kier molecular flexibility index (Phi) is 5.82. The lowest BCUT2D eigenvalue weighted by Gasteiger charge is -2.18. The van der Waals surface area contributed by atoms with E-state index in [1.165, 1.54) is 0 Å². The normalized spacial score (nSPS) is 13.4. The molecule has 110 valence electrons. The summed E-state index contributed by atoms with van der Waals surface area (Å²) < 4.78 is 5.47. The Morgan fingerprint density at radius 1 is 1.45 bits per heavy atom. The third-order valence-corrected chi connectivity index (χ3v) is 3.26. The second-order valence-corrected chi connectivity index (χ2v) is 4.89. The molecule has 1 rings (SSSR count). The van der Waals surface area contributed by atoms with Crippen LogP contribution in [0.1, 0.15) is 25.8 Å². The van der Waals surface area contributed by atoms with Gasteiger partial charge in [-0.2, -0.15) is 0 Å². The van der Waals surface area contributed by atoms with Crippen molar-refractivity contribution in [2.75, 3.05) is 0 Å². The maximum atomic E-state index is 11.8. The molecule has 6 heteroatoms. The van der Waals surface area contributed by atoms with Crippen LogP contribution in [0.4, 0.5) is 0 Å². The van der Waals surface area contributed by atoms with Gasteiger partial charge < -0.3 is 15.2 Å². The average Bonchev–Trinajstić information content (AvgIpc) is 2.39. The molecular formula is C14H18ClNO4. The summed E-state index contributed by atoms with van der Waals surface area (Å²) >= 11 is 5.90. The van der Waals surface area contributed by atoms with Gasteiger partial charge in [-0.05, 0) is 44.0 Å². The molecule has 0 radical (unpaired) electrons. The molecule has 2 unspecified atom stereocenters. The van der Waals surface area contributed by atoms with Crippen LogP contribution in [0.15, 0.2) is 18.2 Å². The van der Waals surface area contributed by atoms with E-state index in [1.54, 1.807) is 32.0 Å². The molecule has 5 nitrogen and oxygen atoms in total. The molecule has 0 spiro atoms. The molecule has 0 saturated heterocycles. The number of carbonyl (C=O) groups excluding carboxylic acids is 1. The van der Waals surface area contributed by atoms with E-state index >= 15 is 0 Å². The fourth-order valence-electron chi connectivity index (χ4n) is 1.58. The number of aliphatic carboxylic acids is 1. The number of rotatable bonds is 6. The van der Waals surface area contributed by atoms with Crippen LogP contribution in [0.5, 0.6) is 5.75 Å². The number of halogens is 1. The first-order valence-electron chi connectivity index (χ1n) is 6.31. The van der Waals surface area contributed by atoms with Crippen molar-refractivity contribution >= 4 is 23.5 Å². The van der Waals surface area contributed by atoms with Crippen molar-refractivity contribution in [1.82, 2.24) is 5.32 Å². The number of carboxylic acids is 1. The van der Waals surface area contributed by atoms with E-state index in [4.69, 9.17) is 21.4 Å². The van der Waals surface area contributed by atoms with Gasteiger partial charge in [0.05, 0.1) is 0 Å². The highest BCUT2D eigenvalue weighted by Crippen LogP contribution is 2.21. The standard InChI is InChI=1S/C14H18ClNO4/c1-4-12(14(18)19)16-13(17)9(3)20-10-5-6-11(15)8(2)7-10/h5-7,9,12H,4H2,1-3H3,(H,16,17)(H,18,19). The van der Waals surface area contributed by atoms with Crippen LogP contribution in [-0.4, -0.2) is 29.1 Å². The van der Waals surface area contributed by atoms with Crippen molar-refractivity contribution in [3.05, 3.63) is 28.8 Å². The Morgan fingerprint density at radius 2 is 2.10 bits per heavy atom. The number of hydrogen-bond donors (Lipinski definition) is 2. The van der Waals surface area contributed by atoms with Crippen molar-refractivity contribution in [3.63, 3.8) is 0 Å². The Balaban J connectivity index is 2.65. The molecule has 0 heterocycles. The second kappa shape index (κ2) is 7.14. The number of benzene rings is 1. The Morgan fingerprint density at radius 3 is 2.60 bits per heavy atom. The summed E-state index contributed by atoms with van der Waals surface area (Å²) in [5.41, 5.74) is 0.841. The predicted octanol–water partition coefficient (Wildman–Crippen LogP) is 2.40. The minimum absolute atomic E-state index is 0.313. The van der Waals surface area contributed by atoms with Crippen LogP contribution >= 0.6 is 11.6 Å². The maximum Gasteiger partial charge on any atom is 0.326 e. The minimum atomic E-state index is -1.06. The van der Waals surface area contributed by atoms with Crippen molar-refractivity contribution in [1.29, 1.82) is 0 Å². The van der Waals surface area contributed by atoms with Gasteiger partial charge in [-0.25, -0.2) is 4.79 Å². The highest BCUT2D eigenvalue weighted by atomic mass is 35.5. The molecule has 0 aliphatic rings. The number of ether oxygens (including phenoxy) is 1.